The second kappa shape index (κ2) is 9.22. The quantitative estimate of drug-likeness (QED) is 0.645. The molecular formula is C21H26N4O4S. The molecule has 0 spiro atoms. The van der Waals surface area contributed by atoms with E-state index in [1.54, 1.807) is 11.3 Å². The summed E-state index contributed by atoms with van der Waals surface area (Å²) in [5, 5.41) is 16.1. The first-order chi connectivity index (χ1) is 14.5. The molecule has 2 aromatic rings. The number of β-amino-alcohol motifs (C(OH)–C–C–N with tert-alkyl or cyclic N) is 1. The molecule has 2 amide bonds. The lowest BCUT2D eigenvalue weighted by Crippen LogP contribution is -2.56. The molecule has 2 saturated heterocycles. The van der Waals surface area contributed by atoms with Crippen molar-refractivity contribution < 1.29 is 19.4 Å². The molecule has 1 aromatic carbocycles. The summed E-state index contributed by atoms with van der Waals surface area (Å²) >= 11 is 1.60. The van der Waals surface area contributed by atoms with Gasteiger partial charge in [-0.05, 0) is 18.1 Å². The Balaban J connectivity index is 1.36. The molecule has 160 valence electrons. The largest absolute Gasteiger partial charge is 0.391 e. The third kappa shape index (κ3) is 4.54. The number of hydrogen-bond donors (Lipinski definition) is 3. The molecule has 1 unspecified atom stereocenters. The molecule has 3 atom stereocenters. The number of carbonyl (C=O) groups is 2. The summed E-state index contributed by atoms with van der Waals surface area (Å²) < 4.78 is 5.36. The number of amides is 2. The number of carbonyl (C=O) groups excluding carboxylic acids is 2. The van der Waals surface area contributed by atoms with Crippen LogP contribution >= 0.6 is 11.3 Å². The summed E-state index contributed by atoms with van der Waals surface area (Å²) in [7, 11) is 0. The highest BCUT2D eigenvalue weighted by Crippen LogP contribution is 2.27. The average molecular weight is 431 g/mol. The van der Waals surface area contributed by atoms with Gasteiger partial charge < -0.3 is 25.4 Å². The van der Waals surface area contributed by atoms with E-state index in [2.05, 4.69) is 15.6 Å². The summed E-state index contributed by atoms with van der Waals surface area (Å²) in [6.45, 7) is 3.96. The Labute approximate surface area is 179 Å². The standard InChI is InChI=1S/C21H26N4O4S/c1-13-19(30-12-24-13)15-4-2-14(3-5-15)9-23-20(27)18-8-16(26)10-25(18)21(28)17-11-29-7-6-22-17/h2-5,12,16-18,22,26H,6-11H2,1H3,(H,23,27)/t16-,17?,18+/m1/s1. The van der Waals surface area contributed by atoms with Gasteiger partial charge in [0.15, 0.2) is 0 Å². The number of rotatable bonds is 5. The van der Waals surface area contributed by atoms with Crippen LogP contribution < -0.4 is 10.6 Å². The van der Waals surface area contributed by atoms with Crippen molar-refractivity contribution in [3.05, 3.63) is 41.0 Å². The number of hydrogen-bond acceptors (Lipinski definition) is 7. The van der Waals surface area contributed by atoms with Crippen LogP contribution in [0.3, 0.4) is 0 Å². The van der Waals surface area contributed by atoms with Crippen LogP contribution in [0.5, 0.6) is 0 Å². The third-order valence-corrected chi connectivity index (χ3v) is 6.49. The smallest absolute Gasteiger partial charge is 0.243 e. The van der Waals surface area contributed by atoms with Crippen LogP contribution in [0.15, 0.2) is 29.8 Å². The minimum absolute atomic E-state index is 0.165. The predicted octanol–water partition coefficient (Wildman–Crippen LogP) is 0.685. The van der Waals surface area contributed by atoms with E-state index in [-0.39, 0.29) is 31.4 Å². The summed E-state index contributed by atoms with van der Waals surface area (Å²) in [4.78, 5) is 32.5. The van der Waals surface area contributed by atoms with E-state index in [1.807, 2.05) is 36.7 Å². The van der Waals surface area contributed by atoms with Crippen molar-refractivity contribution >= 4 is 23.2 Å². The molecule has 0 bridgehead atoms. The zero-order valence-corrected chi connectivity index (χ0v) is 17.7. The first-order valence-corrected chi connectivity index (χ1v) is 11.0. The molecule has 9 heteroatoms. The van der Waals surface area contributed by atoms with E-state index >= 15 is 0 Å². The highest BCUT2D eigenvalue weighted by Gasteiger charge is 2.41. The van der Waals surface area contributed by atoms with Gasteiger partial charge in [-0.1, -0.05) is 24.3 Å². The van der Waals surface area contributed by atoms with Crippen LogP contribution in [0, 0.1) is 6.92 Å². The van der Waals surface area contributed by atoms with Crippen LogP contribution in [-0.4, -0.2) is 71.3 Å². The fourth-order valence-electron chi connectivity index (χ4n) is 3.89. The second-order valence-electron chi connectivity index (χ2n) is 7.66. The zero-order chi connectivity index (χ0) is 21.1. The fraction of sp³-hybridized carbons (Fsp3) is 0.476. The number of aryl methyl sites for hydroxylation is 1. The molecule has 0 aliphatic carbocycles. The normalized spacial score (nSPS) is 24.1. The Bertz CT molecular complexity index is 895. The van der Waals surface area contributed by atoms with E-state index in [0.717, 1.165) is 21.7 Å². The maximum Gasteiger partial charge on any atom is 0.243 e. The minimum Gasteiger partial charge on any atom is -0.391 e. The maximum atomic E-state index is 12.8. The van der Waals surface area contributed by atoms with Gasteiger partial charge in [-0.3, -0.25) is 9.59 Å². The number of morpholine rings is 1. The van der Waals surface area contributed by atoms with Crippen LogP contribution in [0.25, 0.3) is 10.4 Å². The van der Waals surface area contributed by atoms with Crippen LogP contribution in [-0.2, 0) is 20.9 Å². The Hall–Kier alpha value is -2.33. The Morgan fingerprint density at radius 2 is 2.17 bits per heavy atom. The van der Waals surface area contributed by atoms with E-state index < -0.39 is 18.2 Å². The van der Waals surface area contributed by atoms with Crippen LogP contribution in [0.1, 0.15) is 17.7 Å². The van der Waals surface area contributed by atoms with Crippen molar-refractivity contribution in [3.8, 4) is 10.4 Å². The number of benzene rings is 1. The van der Waals surface area contributed by atoms with Gasteiger partial charge in [0.25, 0.3) is 0 Å². The molecule has 8 nitrogen and oxygen atoms in total. The van der Waals surface area contributed by atoms with Crippen molar-refractivity contribution in [2.24, 2.45) is 0 Å². The van der Waals surface area contributed by atoms with Gasteiger partial charge in [0.05, 0.1) is 35.4 Å². The van der Waals surface area contributed by atoms with Gasteiger partial charge in [0.2, 0.25) is 11.8 Å². The van der Waals surface area contributed by atoms with Crippen LogP contribution in [0.4, 0.5) is 0 Å². The molecular weight excluding hydrogens is 404 g/mol. The Kier molecular flexibility index (Phi) is 6.43. The summed E-state index contributed by atoms with van der Waals surface area (Å²) in [5.41, 5.74) is 4.90. The first kappa shape index (κ1) is 20.9. The number of aliphatic hydroxyl groups is 1. The molecule has 3 N–H and O–H groups in total. The Morgan fingerprint density at radius 3 is 2.83 bits per heavy atom. The third-order valence-electron chi connectivity index (χ3n) is 5.51. The fourth-order valence-corrected chi connectivity index (χ4v) is 4.70. The van der Waals surface area contributed by atoms with E-state index in [1.165, 1.54) is 4.90 Å². The molecule has 0 saturated carbocycles. The monoisotopic (exact) mass is 430 g/mol. The highest BCUT2D eigenvalue weighted by atomic mass is 32.1. The van der Waals surface area contributed by atoms with Crippen molar-refractivity contribution in [1.29, 1.82) is 0 Å². The maximum absolute atomic E-state index is 12.8. The molecule has 0 radical (unpaired) electrons. The number of nitrogens with one attached hydrogen (secondary N) is 2. The zero-order valence-electron chi connectivity index (χ0n) is 16.8. The van der Waals surface area contributed by atoms with E-state index in [0.29, 0.717) is 19.7 Å². The summed E-state index contributed by atoms with van der Waals surface area (Å²) in [6.07, 6.45) is -0.453. The molecule has 2 aliphatic heterocycles. The lowest BCUT2D eigenvalue weighted by atomic mass is 10.1. The molecule has 4 rings (SSSR count). The van der Waals surface area contributed by atoms with Gasteiger partial charge in [-0.2, -0.15) is 0 Å². The number of aromatic nitrogens is 1. The predicted molar refractivity (Wildman–Crippen MR) is 113 cm³/mol. The topological polar surface area (TPSA) is 104 Å². The highest BCUT2D eigenvalue weighted by molar-refractivity contribution is 7.13. The van der Waals surface area contributed by atoms with E-state index in [9.17, 15) is 14.7 Å². The first-order valence-electron chi connectivity index (χ1n) is 10.1. The van der Waals surface area contributed by atoms with Gasteiger partial charge in [-0.15, -0.1) is 11.3 Å². The lowest BCUT2D eigenvalue weighted by Gasteiger charge is -2.30. The molecule has 1 aromatic heterocycles. The van der Waals surface area contributed by atoms with Crippen molar-refractivity contribution in [3.63, 3.8) is 0 Å². The van der Waals surface area contributed by atoms with Crippen molar-refractivity contribution in [1.82, 2.24) is 20.5 Å². The lowest BCUT2D eigenvalue weighted by molar-refractivity contribution is -0.142. The number of thiazole rings is 1. The number of nitrogens with zero attached hydrogens (tertiary/aromatic N) is 2. The summed E-state index contributed by atoms with van der Waals surface area (Å²) in [5.74, 6) is -0.449. The second-order valence-corrected chi connectivity index (χ2v) is 8.51. The van der Waals surface area contributed by atoms with Gasteiger partial charge in [0.1, 0.15) is 12.1 Å². The molecule has 30 heavy (non-hydrogen) atoms. The average Bonchev–Trinajstić information content (AvgIpc) is 3.38. The van der Waals surface area contributed by atoms with Crippen molar-refractivity contribution in [2.75, 3.05) is 26.3 Å². The molecule has 2 aliphatic rings. The molecule has 2 fully saturated rings. The summed E-state index contributed by atoms with van der Waals surface area (Å²) in [6, 6.07) is 6.85. The number of aliphatic hydroxyl groups excluding tert-OH is 1. The van der Waals surface area contributed by atoms with Gasteiger partial charge in [0, 0.05) is 26.1 Å². The van der Waals surface area contributed by atoms with Crippen molar-refractivity contribution in [2.45, 2.75) is 38.1 Å². The number of ether oxygens (including phenoxy) is 1. The van der Waals surface area contributed by atoms with Gasteiger partial charge >= 0.3 is 0 Å². The number of likely N-dealkylation sites (tertiary alicyclic amines) is 1. The van der Waals surface area contributed by atoms with Crippen LogP contribution in [0.2, 0.25) is 0 Å². The van der Waals surface area contributed by atoms with Gasteiger partial charge in [-0.25, -0.2) is 4.98 Å². The SMILES string of the molecule is Cc1ncsc1-c1ccc(CNC(=O)[C@@H]2C[C@@H](O)CN2C(=O)C2COCCN2)cc1. The van der Waals surface area contributed by atoms with E-state index in [4.69, 9.17) is 4.74 Å². The molecule has 3 heterocycles. The Morgan fingerprint density at radius 1 is 1.37 bits per heavy atom. The minimum atomic E-state index is -0.698.